The van der Waals surface area contributed by atoms with Gasteiger partial charge in [0.05, 0.1) is 0 Å². The summed E-state index contributed by atoms with van der Waals surface area (Å²) in [5.74, 6) is 1.19. The van der Waals surface area contributed by atoms with Crippen molar-refractivity contribution in [3.63, 3.8) is 0 Å². The Morgan fingerprint density at radius 3 is 2.46 bits per heavy atom. The molecule has 0 spiro atoms. The second-order valence-electron chi connectivity index (χ2n) is 5.52. The molecule has 0 saturated carbocycles. The quantitative estimate of drug-likeness (QED) is 0.545. The van der Waals surface area contributed by atoms with Gasteiger partial charge in [-0.05, 0) is 36.2 Å². The first-order valence-corrected chi connectivity index (χ1v) is 8.70. The lowest BCUT2D eigenvalue weighted by Gasteiger charge is -2.09. The van der Waals surface area contributed by atoms with E-state index in [0.717, 1.165) is 16.7 Å². The van der Waals surface area contributed by atoms with Gasteiger partial charge in [-0.25, -0.2) is 0 Å². The molecular formula is C18H15F3N2O2S. The highest BCUT2D eigenvalue weighted by Gasteiger charge is 2.28. The number of alkyl halides is 3. The topological polar surface area (TPSA) is 48.2 Å². The zero-order valence-electron chi connectivity index (χ0n) is 13.8. The van der Waals surface area contributed by atoms with Crippen LogP contribution in [-0.4, -0.2) is 23.0 Å². The van der Waals surface area contributed by atoms with Crippen LogP contribution >= 0.6 is 11.8 Å². The lowest BCUT2D eigenvalue weighted by atomic mass is 10.1. The second kappa shape index (κ2) is 7.82. The Labute approximate surface area is 152 Å². The highest BCUT2D eigenvalue weighted by Crippen LogP contribution is 2.28. The van der Waals surface area contributed by atoms with E-state index in [9.17, 15) is 13.2 Å². The van der Waals surface area contributed by atoms with E-state index in [2.05, 4.69) is 14.9 Å². The molecule has 1 heterocycles. The highest BCUT2D eigenvalue weighted by molar-refractivity contribution is 7.98. The van der Waals surface area contributed by atoms with Gasteiger partial charge in [-0.3, -0.25) is 0 Å². The maximum Gasteiger partial charge on any atom is 0.422 e. The minimum atomic E-state index is -4.35. The molecule has 0 fully saturated rings. The molecule has 8 heteroatoms. The molecule has 0 atom stereocenters. The van der Waals surface area contributed by atoms with Gasteiger partial charge < -0.3 is 9.15 Å². The van der Waals surface area contributed by atoms with Crippen molar-refractivity contribution in [3.8, 4) is 17.2 Å². The van der Waals surface area contributed by atoms with Crippen LogP contribution in [0.15, 0.2) is 58.2 Å². The van der Waals surface area contributed by atoms with Crippen LogP contribution in [0.2, 0.25) is 0 Å². The fourth-order valence-electron chi connectivity index (χ4n) is 2.18. The average Bonchev–Trinajstić information content (AvgIpc) is 3.07. The van der Waals surface area contributed by atoms with E-state index in [1.165, 1.54) is 23.9 Å². The molecule has 0 saturated heterocycles. The van der Waals surface area contributed by atoms with Gasteiger partial charge in [0.2, 0.25) is 5.89 Å². The molecule has 136 valence electrons. The molecule has 1 aromatic heterocycles. The first kappa shape index (κ1) is 18.3. The zero-order valence-corrected chi connectivity index (χ0v) is 14.6. The molecule has 0 aliphatic rings. The summed E-state index contributed by atoms with van der Waals surface area (Å²) in [7, 11) is 0. The van der Waals surface area contributed by atoms with Crippen LogP contribution in [0.3, 0.4) is 0 Å². The predicted molar refractivity (Wildman–Crippen MR) is 92.0 cm³/mol. The van der Waals surface area contributed by atoms with Crippen molar-refractivity contribution in [2.24, 2.45) is 0 Å². The zero-order chi connectivity index (χ0) is 18.6. The van der Waals surface area contributed by atoms with Gasteiger partial charge in [0.15, 0.2) is 6.61 Å². The first-order valence-electron chi connectivity index (χ1n) is 7.71. The molecule has 0 bridgehead atoms. The van der Waals surface area contributed by atoms with Gasteiger partial charge >= 0.3 is 6.18 Å². The Morgan fingerprint density at radius 1 is 1.04 bits per heavy atom. The molecule has 26 heavy (non-hydrogen) atoms. The van der Waals surface area contributed by atoms with E-state index < -0.39 is 12.8 Å². The molecule has 4 nitrogen and oxygen atoms in total. The van der Waals surface area contributed by atoms with Crippen molar-refractivity contribution in [3.05, 3.63) is 59.7 Å². The Balaban J connectivity index is 1.57. The lowest BCUT2D eigenvalue weighted by Crippen LogP contribution is -2.19. The maximum atomic E-state index is 12.1. The monoisotopic (exact) mass is 380 g/mol. The number of hydrogen-bond donors (Lipinski definition) is 0. The summed E-state index contributed by atoms with van der Waals surface area (Å²) >= 11 is 1.36. The molecule has 0 unspecified atom stereocenters. The van der Waals surface area contributed by atoms with Crippen molar-refractivity contribution < 1.29 is 22.3 Å². The number of benzene rings is 2. The number of hydrogen-bond acceptors (Lipinski definition) is 5. The molecule has 0 aliphatic heterocycles. The summed E-state index contributed by atoms with van der Waals surface area (Å²) in [6.07, 6.45) is -4.35. The van der Waals surface area contributed by atoms with Crippen LogP contribution in [-0.2, 0) is 5.75 Å². The predicted octanol–water partition coefficient (Wildman–Crippen LogP) is 5.28. The van der Waals surface area contributed by atoms with Crippen LogP contribution in [0.1, 0.15) is 11.1 Å². The van der Waals surface area contributed by atoms with Crippen LogP contribution in [0.25, 0.3) is 11.5 Å². The van der Waals surface area contributed by atoms with Crippen molar-refractivity contribution in [2.45, 2.75) is 24.1 Å². The third-order valence-corrected chi connectivity index (χ3v) is 4.36. The summed E-state index contributed by atoms with van der Waals surface area (Å²) in [4.78, 5) is 0. The van der Waals surface area contributed by atoms with Gasteiger partial charge in [0, 0.05) is 11.3 Å². The number of rotatable bonds is 6. The van der Waals surface area contributed by atoms with Crippen molar-refractivity contribution in [1.29, 1.82) is 0 Å². The molecule has 0 N–H and O–H groups in total. The van der Waals surface area contributed by atoms with Crippen molar-refractivity contribution in [2.75, 3.05) is 6.61 Å². The number of halogens is 3. The average molecular weight is 380 g/mol. The third kappa shape index (κ3) is 5.01. The molecule has 2 aromatic carbocycles. The van der Waals surface area contributed by atoms with Crippen molar-refractivity contribution in [1.82, 2.24) is 10.2 Å². The Bertz CT molecular complexity index is 863. The lowest BCUT2D eigenvalue weighted by molar-refractivity contribution is -0.153. The summed E-state index contributed by atoms with van der Waals surface area (Å²) in [6.45, 7) is 0.666. The number of aromatic nitrogens is 2. The van der Waals surface area contributed by atoms with E-state index in [1.807, 2.05) is 31.2 Å². The van der Waals surface area contributed by atoms with E-state index in [-0.39, 0.29) is 5.75 Å². The largest absolute Gasteiger partial charge is 0.484 e. The Morgan fingerprint density at radius 2 is 1.77 bits per heavy atom. The Kier molecular flexibility index (Phi) is 5.51. The van der Waals surface area contributed by atoms with E-state index in [0.29, 0.717) is 16.9 Å². The van der Waals surface area contributed by atoms with Crippen LogP contribution in [0.5, 0.6) is 5.75 Å². The highest BCUT2D eigenvalue weighted by atomic mass is 32.2. The summed E-state index contributed by atoms with van der Waals surface area (Å²) in [6, 6.07) is 14.2. The summed E-state index contributed by atoms with van der Waals surface area (Å²) in [5, 5.41) is 8.51. The van der Waals surface area contributed by atoms with E-state index >= 15 is 0 Å². The molecule has 0 amide bonds. The van der Waals surface area contributed by atoms with Crippen LogP contribution in [0.4, 0.5) is 13.2 Å². The van der Waals surface area contributed by atoms with Crippen molar-refractivity contribution >= 4 is 11.8 Å². The summed E-state index contributed by atoms with van der Waals surface area (Å²) in [5.41, 5.74) is 2.84. The number of ether oxygens (including phenoxy) is 1. The molecule has 0 radical (unpaired) electrons. The fraction of sp³-hybridized carbons (Fsp3) is 0.222. The summed E-state index contributed by atoms with van der Waals surface area (Å²) < 4.78 is 46.7. The molecule has 3 rings (SSSR count). The normalized spacial score (nSPS) is 11.5. The molecule has 0 aliphatic carbocycles. The van der Waals surface area contributed by atoms with Gasteiger partial charge in [-0.1, -0.05) is 42.1 Å². The van der Waals surface area contributed by atoms with Gasteiger partial charge in [-0.2, -0.15) is 13.2 Å². The first-order chi connectivity index (χ1) is 12.4. The van der Waals surface area contributed by atoms with E-state index in [4.69, 9.17) is 4.42 Å². The smallest absolute Gasteiger partial charge is 0.422 e. The molecule has 3 aromatic rings. The van der Waals surface area contributed by atoms with Crippen LogP contribution in [0, 0.1) is 6.92 Å². The number of nitrogens with zero attached hydrogens (tertiary/aromatic N) is 2. The fourth-order valence-corrected chi connectivity index (χ4v) is 2.90. The van der Waals surface area contributed by atoms with E-state index in [1.54, 1.807) is 12.1 Å². The van der Waals surface area contributed by atoms with Gasteiger partial charge in [-0.15, -0.1) is 10.2 Å². The van der Waals surface area contributed by atoms with Gasteiger partial charge in [0.1, 0.15) is 5.75 Å². The minimum Gasteiger partial charge on any atom is -0.484 e. The Hall–Kier alpha value is -2.48. The minimum absolute atomic E-state index is 0.177. The number of thioether (sulfide) groups is 1. The van der Waals surface area contributed by atoms with Gasteiger partial charge in [0.25, 0.3) is 5.22 Å². The second-order valence-corrected chi connectivity index (χ2v) is 6.45. The standard InChI is InChI=1S/C18H15F3N2O2S/c1-12-4-2-3-5-15(12)16-22-23-17(25-16)26-10-13-6-8-14(9-7-13)24-11-18(19,20)21/h2-9H,10-11H2,1H3. The third-order valence-electron chi connectivity index (χ3n) is 3.47. The molecular weight excluding hydrogens is 365 g/mol. The number of aryl methyl sites for hydroxylation is 1. The maximum absolute atomic E-state index is 12.1. The van der Waals surface area contributed by atoms with Crippen LogP contribution < -0.4 is 4.74 Å². The SMILES string of the molecule is Cc1ccccc1-c1nnc(SCc2ccc(OCC(F)(F)F)cc2)o1.